The topological polar surface area (TPSA) is 120 Å². The number of amides is 4. The van der Waals surface area contributed by atoms with Crippen molar-refractivity contribution in [1.82, 2.24) is 18.4 Å². The second-order valence-electron chi connectivity index (χ2n) is 7.57. The van der Waals surface area contributed by atoms with E-state index < -0.39 is 10.2 Å². The highest BCUT2D eigenvalue weighted by Crippen LogP contribution is 2.22. The minimum Gasteiger partial charge on any atom is -0.379 e. The number of anilines is 1. The molecule has 3 aliphatic heterocycles. The third-order valence-corrected chi connectivity index (χ3v) is 8.43. The number of benzene rings is 1. The number of thioether (sulfide) groups is 1. The van der Waals surface area contributed by atoms with Crippen LogP contribution in [0.15, 0.2) is 24.3 Å². The van der Waals surface area contributed by atoms with E-state index in [2.05, 4.69) is 5.32 Å². The molecule has 32 heavy (non-hydrogen) atoms. The monoisotopic (exact) mass is 483 g/mol. The minimum absolute atomic E-state index is 0.175. The van der Waals surface area contributed by atoms with Crippen molar-refractivity contribution in [3.05, 3.63) is 29.8 Å². The van der Waals surface area contributed by atoms with E-state index >= 15 is 0 Å². The molecule has 3 saturated heterocycles. The fourth-order valence-corrected chi connectivity index (χ4v) is 5.96. The van der Waals surface area contributed by atoms with Crippen LogP contribution in [0.25, 0.3) is 0 Å². The Labute approximate surface area is 190 Å². The number of imide groups is 1. The van der Waals surface area contributed by atoms with Crippen molar-refractivity contribution in [3.63, 3.8) is 0 Å². The van der Waals surface area contributed by atoms with Crippen LogP contribution in [0.1, 0.15) is 5.56 Å². The lowest BCUT2D eigenvalue weighted by Crippen LogP contribution is -2.56. The van der Waals surface area contributed by atoms with Gasteiger partial charge in [-0.25, -0.2) is 4.79 Å². The molecule has 1 aromatic carbocycles. The maximum absolute atomic E-state index is 12.7. The quantitative estimate of drug-likeness (QED) is 0.652. The first-order chi connectivity index (χ1) is 15.3. The van der Waals surface area contributed by atoms with Gasteiger partial charge in [0.15, 0.2) is 0 Å². The number of nitrogens with one attached hydrogen (secondary N) is 1. The lowest BCUT2D eigenvalue weighted by Gasteiger charge is -2.37. The summed E-state index contributed by atoms with van der Waals surface area (Å²) >= 11 is 0.995. The van der Waals surface area contributed by atoms with Gasteiger partial charge in [0, 0.05) is 45.0 Å². The molecule has 174 valence electrons. The van der Waals surface area contributed by atoms with Crippen molar-refractivity contribution in [2.75, 3.05) is 63.6 Å². The zero-order chi connectivity index (χ0) is 22.7. The van der Waals surface area contributed by atoms with Gasteiger partial charge in [0.25, 0.3) is 15.4 Å². The number of urea groups is 1. The van der Waals surface area contributed by atoms with Crippen molar-refractivity contribution in [2.24, 2.45) is 0 Å². The van der Waals surface area contributed by atoms with Crippen molar-refractivity contribution in [1.29, 1.82) is 0 Å². The molecule has 0 aliphatic carbocycles. The van der Waals surface area contributed by atoms with Gasteiger partial charge in [0.1, 0.15) is 0 Å². The summed E-state index contributed by atoms with van der Waals surface area (Å²) in [6.07, 6.45) is 0. The van der Waals surface area contributed by atoms with Crippen LogP contribution in [-0.2, 0) is 26.3 Å². The van der Waals surface area contributed by atoms with E-state index in [4.69, 9.17) is 4.74 Å². The highest BCUT2D eigenvalue weighted by molar-refractivity contribution is 8.14. The Morgan fingerprint density at radius 3 is 2.19 bits per heavy atom. The second kappa shape index (κ2) is 9.75. The summed E-state index contributed by atoms with van der Waals surface area (Å²) in [6, 6.07) is 6.63. The molecule has 0 atom stereocenters. The zero-order valence-electron chi connectivity index (χ0n) is 17.4. The van der Waals surface area contributed by atoms with Gasteiger partial charge in [0.2, 0.25) is 5.91 Å². The third-order valence-electron chi connectivity index (χ3n) is 5.53. The second-order valence-corrected chi connectivity index (χ2v) is 10.4. The molecule has 1 aromatic rings. The van der Waals surface area contributed by atoms with E-state index in [1.807, 2.05) is 0 Å². The van der Waals surface area contributed by atoms with Crippen molar-refractivity contribution < 1.29 is 27.5 Å². The predicted molar refractivity (Wildman–Crippen MR) is 118 cm³/mol. The average Bonchev–Trinajstić information content (AvgIpc) is 3.13. The molecule has 0 bridgehead atoms. The fourth-order valence-electron chi connectivity index (χ4n) is 3.67. The van der Waals surface area contributed by atoms with Gasteiger partial charge in [-0.3, -0.25) is 14.5 Å². The summed E-state index contributed by atoms with van der Waals surface area (Å²) in [6.45, 7) is 2.75. The van der Waals surface area contributed by atoms with Gasteiger partial charge < -0.3 is 15.0 Å². The van der Waals surface area contributed by atoms with Crippen LogP contribution >= 0.6 is 11.8 Å². The van der Waals surface area contributed by atoms with E-state index in [1.54, 1.807) is 29.2 Å². The zero-order valence-corrected chi connectivity index (χ0v) is 19.1. The molecule has 11 nitrogen and oxygen atoms in total. The van der Waals surface area contributed by atoms with Gasteiger partial charge in [-0.2, -0.15) is 17.0 Å². The first-order valence-electron chi connectivity index (χ1n) is 10.3. The lowest BCUT2D eigenvalue weighted by atomic mass is 10.2. The van der Waals surface area contributed by atoms with E-state index in [9.17, 15) is 22.8 Å². The number of hydrogen-bond donors (Lipinski definition) is 1. The SMILES string of the molecule is O=C(Nc1ccc(CN2C(=O)CSC2=O)cc1)N1CCN(S(=O)(=O)N2CCOCC2)CC1. The molecule has 3 heterocycles. The molecule has 0 aromatic heterocycles. The smallest absolute Gasteiger partial charge is 0.321 e. The molecule has 3 fully saturated rings. The molecule has 3 aliphatic rings. The molecule has 0 radical (unpaired) electrons. The first-order valence-corrected chi connectivity index (χ1v) is 12.7. The number of piperazine rings is 1. The maximum Gasteiger partial charge on any atom is 0.321 e. The Balaban J connectivity index is 1.27. The van der Waals surface area contributed by atoms with Crippen LogP contribution in [0.4, 0.5) is 15.3 Å². The Bertz CT molecular complexity index is 956. The Kier molecular flexibility index (Phi) is 7.00. The third kappa shape index (κ3) is 5.07. The van der Waals surface area contributed by atoms with Crippen LogP contribution in [0.2, 0.25) is 0 Å². The molecule has 4 amide bonds. The molecule has 13 heteroatoms. The summed E-state index contributed by atoms with van der Waals surface area (Å²) in [4.78, 5) is 38.8. The van der Waals surface area contributed by atoms with Gasteiger partial charge in [0.05, 0.1) is 25.5 Å². The number of rotatable bonds is 5. The minimum atomic E-state index is -3.54. The Morgan fingerprint density at radius 1 is 0.969 bits per heavy atom. The first kappa shape index (κ1) is 23.0. The number of nitrogens with zero attached hydrogens (tertiary/aromatic N) is 4. The number of hydrogen-bond acceptors (Lipinski definition) is 7. The summed E-state index contributed by atoms with van der Waals surface area (Å²) in [5, 5.41) is 2.56. The van der Waals surface area contributed by atoms with E-state index in [1.165, 1.54) is 13.5 Å². The van der Waals surface area contributed by atoms with Gasteiger partial charge in [-0.15, -0.1) is 0 Å². The van der Waals surface area contributed by atoms with Crippen molar-refractivity contribution in [2.45, 2.75) is 6.54 Å². The molecule has 0 unspecified atom stereocenters. The maximum atomic E-state index is 12.7. The van der Waals surface area contributed by atoms with Gasteiger partial charge in [-0.1, -0.05) is 23.9 Å². The standard InChI is InChI=1S/C19H25N5O6S2/c25-17-14-31-19(27)24(17)13-15-1-3-16(4-2-15)20-18(26)21-5-7-22(8-6-21)32(28,29)23-9-11-30-12-10-23/h1-4H,5-14H2,(H,20,26). The normalized spacial score (nSPS) is 21.2. The van der Waals surface area contributed by atoms with Crippen LogP contribution < -0.4 is 5.32 Å². The van der Waals surface area contributed by atoms with E-state index in [0.29, 0.717) is 45.1 Å². The summed E-state index contributed by atoms with van der Waals surface area (Å²) in [7, 11) is -3.54. The van der Waals surface area contributed by atoms with Crippen molar-refractivity contribution >= 4 is 44.8 Å². The van der Waals surface area contributed by atoms with Gasteiger partial charge >= 0.3 is 6.03 Å². The molecule has 4 rings (SSSR count). The molecular formula is C19H25N5O6S2. The Hall–Kier alpha value is -2.19. The van der Waals surface area contributed by atoms with Crippen molar-refractivity contribution in [3.8, 4) is 0 Å². The molecular weight excluding hydrogens is 458 g/mol. The van der Waals surface area contributed by atoms with Crippen LogP contribution in [0.5, 0.6) is 0 Å². The lowest BCUT2D eigenvalue weighted by molar-refractivity contribution is -0.125. The van der Waals surface area contributed by atoms with E-state index in [0.717, 1.165) is 17.3 Å². The summed E-state index contributed by atoms with van der Waals surface area (Å²) < 4.78 is 33.5. The number of carbonyl (C=O) groups is 3. The van der Waals surface area contributed by atoms with Crippen LogP contribution in [-0.4, -0.2) is 102 Å². The number of morpholine rings is 1. The highest BCUT2D eigenvalue weighted by atomic mass is 32.2. The summed E-state index contributed by atoms with van der Waals surface area (Å²) in [5.74, 6) is -0.0271. The van der Waals surface area contributed by atoms with Gasteiger partial charge in [-0.05, 0) is 17.7 Å². The molecule has 1 N–H and O–H groups in total. The highest BCUT2D eigenvalue weighted by Gasteiger charge is 2.34. The van der Waals surface area contributed by atoms with E-state index in [-0.39, 0.29) is 42.6 Å². The van der Waals surface area contributed by atoms with Crippen LogP contribution in [0.3, 0.4) is 0 Å². The largest absolute Gasteiger partial charge is 0.379 e. The Morgan fingerprint density at radius 2 is 1.59 bits per heavy atom. The molecule has 0 spiro atoms. The number of ether oxygens (including phenoxy) is 1. The number of carbonyl (C=O) groups excluding carboxylic acids is 3. The van der Waals surface area contributed by atoms with Crippen LogP contribution in [0, 0.1) is 0 Å². The predicted octanol–water partition coefficient (Wildman–Crippen LogP) is 0.608. The summed E-state index contributed by atoms with van der Waals surface area (Å²) in [5.41, 5.74) is 1.37. The fraction of sp³-hybridized carbons (Fsp3) is 0.526. The average molecular weight is 484 g/mol. The molecule has 0 saturated carbocycles.